The van der Waals surface area contributed by atoms with Crippen LogP contribution in [0.3, 0.4) is 0 Å². The number of aryl methyl sites for hydroxylation is 1. The number of benzene rings is 1. The minimum atomic E-state index is -0.599. The van der Waals surface area contributed by atoms with Crippen molar-refractivity contribution in [3.63, 3.8) is 0 Å². The van der Waals surface area contributed by atoms with E-state index in [2.05, 4.69) is 9.97 Å². The van der Waals surface area contributed by atoms with Gasteiger partial charge in [0.25, 0.3) is 5.69 Å². The lowest BCUT2D eigenvalue weighted by atomic mass is 10.1. The van der Waals surface area contributed by atoms with Crippen LogP contribution in [-0.4, -0.2) is 33.3 Å². The third-order valence-electron chi connectivity index (χ3n) is 3.88. The van der Waals surface area contributed by atoms with Gasteiger partial charge in [0.2, 0.25) is 5.78 Å². The number of hydrogen-bond acceptors (Lipinski definition) is 8. The highest BCUT2D eigenvalue weighted by Crippen LogP contribution is 2.23. The monoisotopic (exact) mass is 397 g/mol. The lowest BCUT2D eigenvalue weighted by Crippen LogP contribution is -2.16. The number of nitrogens with zero attached hydrogens (tertiary/aromatic N) is 3. The van der Waals surface area contributed by atoms with E-state index in [0.29, 0.717) is 11.3 Å². The van der Waals surface area contributed by atoms with Gasteiger partial charge in [-0.25, -0.2) is 4.98 Å². The predicted molar refractivity (Wildman–Crippen MR) is 102 cm³/mol. The lowest BCUT2D eigenvalue weighted by molar-refractivity contribution is -0.385. The van der Waals surface area contributed by atoms with Gasteiger partial charge in [0.1, 0.15) is 5.01 Å². The second kappa shape index (κ2) is 8.49. The van der Waals surface area contributed by atoms with E-state index in [1.165, 1.54) is 29.5 Å². The van der Waals surface area contributed by atoms with Gasteiger partial charge in [0.15, 0.2) is 6.61 Å². The number of hydrogen-bond donors (Lipinski definition) is 0. The van der Waals surface area contributed by atoms with Crippen molar-refractivity contribution < 1.29 is 19.2 Å². The molecule has 0 atom stereocenters. The van der Waals surface area contributed by atoms with E-state index in [1.54, 1.807) is 30.8 Å². The molecular weight excluding hydrogens is 382 g/mol. The van der Waals surface area contributed by atoms with Gasteiger partial charge in [0.05, 0.1) is 17.0 Å². The summed E-state index contributed by atoms with van der Waals surface area (Å²) < 4.78 is 5.00. The molecule has 2 aromatic heterocycles. The molecule has 0 fully saturated rings. The molecule has 0 bridgehead atoms. The Balaban J connectivity index is 1.57. The van der Waals surface area contributed by atoms with Crippen LogP contribution in [0, 0.1) is 17.0 Å². The molecule has 8 nitrogen and oxygen atoms in total. The summed E-state index contributed by atoms with van der Waals surface area (Å²) in [5.74, 6) is -1.11. The van der Waals surface area contributed by atoms with Gasteiger partial charge in [0, 0.05) is 40.5 Å². The van der Waals surface area contributed by atoms with Crippen LogP contribution in [0.15, 0.2) is 48.1 Å². The van der Waals surface area contributed by atoms with E-state index in [9.17, 15) is 19.7 Å². The van der Waals surface area contributed by atoms with Gasteiger partial charge >= 0.3 is 5.97 Å². The number of Topliss-reactive ketones (excluding diaryl/α,β-unsaturated/α-hetero) is 1. The zero-order valence-electron chi connectivity index (χ0n) is 14.8. The molecule has 0 saturated heterocycles. The van der Waals surface area contributed by atoms with Crippen LogP contribution >= 0.6 is 11.3 Å². The number of aromatic nitrogens is 2. The molecule has 0 saturated carbocycles. The third-order valence-corrected chi connectivity index (χ3v) is 4.82. The minimum absolute atomic E-state index is 0.0713. The first-order valence-corrected chi connectivity index (χ1v) is 9.10. The number of thiazole rings is 1. The molecule has 0 spiro atoms. The number of esters is 1. The number of rotatable bonds is 7. The predicted octanol–water partition coefficient (Wildman–Crippen LogP) is 3.39. The molecule has 0 aliphatic rings. The molecule has 3 aromatic rings. The molecule has 0 aliphatic carbocycles. The lowest BCUT2D eigenvalue weighted by Gasteiger charge is -2.04. The maximum Gasteiger partial charge on any atom is 0.312 e. The summed E-state index contributed by atoms with van der Waals surface area (Å²) in [7, 11) is 0. The Morgan fingerprint density at radius 3 is 2.82 bits per heavy atom. The highest BCUT2D eigenvalue weighted by Gasteiger charge is 2.17. The van der Waals surface area contributed by atoms with Gasteiger partial charge < -0.3 is 4.74 Å². The van der Waals surface area contributed by atoms with Crippen LogP contribution in [0.2, 0.25) is 0 Å². The zero-order chi connectivity index (χ0) is 20.1. The van der Waals surface area contributed by atoms with Crippen molar-refractivity contribution in [1.29, 1.82) is 0 Å². The average Bonchev–Trinajstić information content (AvgIpc) is 3.15. The summed E-state index contributed by atoms with van der Waals surface area (Å²) in [6, 6.07) is 7.81. The summed E-state index contributed by atoms with van der Waals surface area (Å²) in [5, 5.41) is 13.4. The normalized spacial score (nSPS) is 10.5. The number of carbonyl (C=O) groups excluding carboxylic acids is 2. The van der Waals surface area contributed by atoms with Crippen LogP contribution in [0.5, 0.6) is 0 Å². The first-order valence-electron chi connectivity index (χ1n) is 8.22. The van der Waals surface area contributed by atoms with Gasteiger partial charge in [-0.1, -0.05) is 12.1 Å². The fraction of sp³-hybridized carbons (Fsp3) is 0.158. The Hall–Kier alpha value is -3.46. The van der Waals surface area contributed by atoms with Crippen LogP contribution in [0.1, 0.15) is 21.6 Å². The van der Waals surface area contributed by atoms with Gasteiger partial charge in [-0.3, -0.25) is 24.7 Å². The molecule has 28 heavy (non-hydrogen) atoms. The fourth-order valence-corrected chi connectivity index (χ4v) is 3.23. The molecule has 0 unspecified atom stereocenters. The van der Waals surface area contributed by atoms with Crippen molar-refractivity contribution in [3.8, 4) is 10.6 Å². The quantitative estimate of drug-likeness (QED) is 0.260. The van der Waals surface area contributed by atoms with Crippen LogP contribution < -0.4 is 0 Å². The molecule has 142 valence electrons. The first kappa shape index (κ1) is 19.3. The van der Waals surface area contributed by atoms with E-state index in [-0.39, 0.29) is 17.7 Å². The molecule has 9 heteroatoms. The van der Waals surface area contributed by atoms with E-state index in [1.807, 2.05) is 6.07 Å². The van der Waals surface area contributed by atoms with Crippen molar-refractivity contribution in [2.24, 2.45) is 0 Å². The highest BCUT2D eigenvalue weighted by molar-refractivity contribution is 7.13. The van der Waals surface area contributed by atoms with E-state index in [0.717, 1.165) is 10.6 Å². The molecule has 3 rings (SSSR count). The molecular formula is C19H15N3O5S. The molecule has 0 amide bonds. The highest BCUT2D eigenvalue weighted by atomic mass is 32.1. The average molecular weight is 397 g/mol. The van der Waals surface area contributed by atoms with Crippen LogP contribution in [-0.2, 0) is 16.0 Å². The smallest absolute Gasteiger partial charge is 0.312 e. The van der Waals surface area contributed by atoms with Crippen molar-refractivity contribution in [2.75, 3.05) is 6.61 Å². The van der Waals surface area contributed by atoms with E-state index >= 15 is 0 Å². The second-order valence-corrected chi connectivity index (χ2v) is 6.76. The number of nitro benzene ring substituents is 1. The topological polar surface area (TPSA) is 112 Å². The summed E-state index contributed by atoms with van der Waals surface area (Å²) in [6.07, 6.45) is 3.27. The molecule has 1 aromatic carbocycles. The van der Waals surface area contributed by atoms with Crippen molar-refractivity contribution in [3.05, 3.63) is 75.0 Å². The molecule has 2 heterocycles. The molecule has 0 aliphatic heterocycles. The summed E-state index contributed by atoms with van der Waals surface area (Å²) in [5.41, 5.74) is 1.81. The Kier molecular flexibility index (Phi) is 5.85. The minimum Gasteiger partial charge on any atom is -0.457 e. The van der Waals surface area contributed by atoms with Crippen LogP contribution in [0.25, 0.3) is 10.6 Å². The molecule has 0 N–H and O–H groups in total. The number of pyridine rings is 1. The molecule has 0 radical (unpaired) electrons. The first-order chi connectivity index (χ1) is 13.4. The third kappa shape index (κ3) is 4.63. The Morgan fingerprint density at radius 1 is 1.29 bits per heavy atom. The Morgan fingerprint density at radius 2 is 2.11 bits per heavy atom. The van der Waals surface area contributed by atoms with Crippen molar-refractivity contribution in [2.45, 2.75) is 13.3 Å². The van der Waals surface area contributed by atoms with Crippen molar-refractivity contribution in [1.82, 2.24) is 9.97 Å². The summed E-state index contributed by atoms with van der Waals surface area (Å²) >= 11 is 1.38. The SMILES string of the molecule is Cc1ccc(C(=O)COC(=O)Cc2csc(-c3cccnc3)n2)cc1[N+](=O)[O-]. The largest absolute Gasteiger partial charge is 0.457 e. The zero-order valence-corrected chi connectivity index (χ0v) is 15.6. The van der Waals surface area contributed by atoms with Crippen molar-refractivity contribution >= 4 is 28.8 Å². The number of ketones is 1. The van der Waals surface area contributed by atoms with E-state index < -0.39 is 23.3 Å². The van der Waals surface area contributed by atoms with Gasteiger partial charge in [-0.05, 0) is 19.1 Å². The maximum absolute atomic E-state index is 12.2. The number of nitro groups is 1. The van der Waals surface area contributed by atoms with Gasteiger partial charge in [-0.15, -0.1) is 11.3 Å². The van der Waals surface area contributed by atoms with E-state index in [4.69, 9.17) is 4.74 Å². The Bertz CT molecular complexity index is 1030. The summed E-state index contributed by atoms with van der Waals surface area (Å²) in [6.45, 7) is 1.10. The number of ether oxygens (including phenoxy) is 1. The number of carbonyl (C=O) groups is 2. The standard InChI is InChI=1S/C19H15N3O5S/c1-12-4-5-13(7-16(12)22(25)26)17(23)10-27-18(24)8-15-11-28-19(21-15)14-3-2-6-20-9-14/h2-7,9,11H,8,10H2,1H3. The maximum atomic E-state index is 12.2. The second-order valence-electron chi connectivity index (χ2n) is 5.90. The summed E-state index contributed by atoms with van der Waals surface area (Å²) in [4.78, 5) is 43.0. The van der Waals surface area contributed by atoms with Crippen LogP contribution in [0.4, 0.5) is 5.69 Å². The van der Waals surface area contributed by atoms with Gasteiger partial charge in [-0.2, -0.15) is 0 Å². The fourth-order valence-electron chi connectivity index (χ4n) is 2.42. The Labute approximate surface area is 164 Å².